The summed E-state index contributed by atoms with van der Waals surface area (Å²) in [4.78, 5) is 12.8. The molecule has 0 spiro atoms. The predicted octanol–water partition coefficient (Wildman–Crippen LogP) is 7.79. The van der Waals surface area contributed by atoms with Gasteiger partial charge in [0.1, 0.15) is 11.9 Å². The Labute approximate surface area is 310 Å². The first-order chi connectivity index (χ1) is 25.8. The number of ether oxygens (including phenoxy) is 9. The minimum absolute atomic E-state index is 0.179. The molecule has 1 atom stereocenters. The highest BCUT2D eigenvalue weighted by Gasteiger charge is 2.26. The first-order valence-electron chi connectivity index (χ1n) is 17.3. The van der Waals surface area contributed by atoms with Crippen LogP contribution in [0.2, 0.25) is 0 Å². The third-order valence-corrected chi connectivity index (χ3v) is 8.75. The molecule has 1 heterocycles. The van der Waals surface area contributed by atoms with Gasteiger partial charge in [-0.2, -0.15) is 0 Å². The fraction of sp³-hybridized carbons (Fsp3) is 0.341. The number of benzene rings is 4. The van der Waals surface area contributed by atoms with Gasteiger partial charge in [-0.15, -0.1) is 0 Å². The van der Waals surface area contributed by atoms with Gasteiger partial charge in [0.05, 0.1) is 68.5 Å². The van der Waals surface area contributed by atoms with Crippen molar-refractivity contribution in [2.45, 2.75) is 31.8 Å². The Morgan fingerprint density at radius 3 is 1.64 bits per heavy atom. The molecule has 4 aromatic rings. The Kier molecular flexibility index (Phi) is 13.4. The molecule has 0 fully saturated rings. The van der Waals surface area contributed by atoms with Gasteiger partial charge in [0, 0.05) is 5.69 Å². The van der Waals surface area contributed by atoms with Crippen LogP contribution in [0, 0.1) is 0 Å². The van der Waals surface area contributed by atoms with E-state index in [0.29, 0.717) is 70.5 Å². The zero-order chi connectivity index (χ0) is 37.7. The van der Waals surface area contributed by atoms with Gasteiger partial charge in [-0.3, -0.25) is 4.79 Å². The summed E-state index contributed by atoms with van der Waals surface area (Å²) in [6, 6.07) is 18.6. The molecule has 0 radical (unpaired) electrons. The van der Waals surface area contributed by atoms with E-state index in [1.807, 2.05) is 66.7 Å². The molecule has 0 saturated heterocycles. The standard InChI is InChI=1S/C41H48N2O10/c1-45-29-15-16-31-30(25-29)41(44)43-40(42-31)28-14-17-32(33(24-28)46-2)52-18-10-8-9-11-19-53-39-36(49-5)22-27(23-37(39)50-6)13-12-26-20-34(47-3)38(51-7)35(21-26)48-4/h12-17,20-25,40,42H,8-11,18-19H2,1-7H3,(H,43,44). The topological polar surface area (TPSA) is 124 Å². The average molecular weight is 729 g/mol. The highest BCUT2D eigenvalue weighted by Crippen LogP contribution is 2.41. The van der Waals surface area contributed by atoms with Gasteiger partial charge in [-0.1, -0.05) is 18.2 Å². The maximum Gasteiger partial charge on any atom is 0.255 e. The van der Waals surface area contributed by atoms with Gasteiger partial charge in [0.25, 0.3) is 5.91 Å². The molecular formula is C41H48N2O10. The minimum atomic E-state index is -0.413. The number of unbranched alkanes of at least 4 members (excludes halogenated alkanes) is 3. The summed E-state index contributed by atoms with van der Waals surface area (Å²) < 4.78 is 50.8. The molecule has 2 N–H and O–H groups in total. The first-order valence-corrected chi connectivity index (χ1v) is 17.3. The van der Waals surface area contributed by atoms with E-state index < -0.39 is 6.17 Å². The molecule has 0 bridgehead atoms. The quantitative estimate of drug-likeness (QED) is 0.0727. The summed E-state index contributed by atoms with van der Waals surface area (Å²) in [5, 5.41) is 6.36. The van der Waals surface area contributed by atoms with Gasteiger partial charge in [-0.05, 0) is 97.0 Å². The average Bonchev–Trinajstić information content (AvgIpc) is 3.20. The van der Waals surface area contributed by atoms with Crippen molar-refractivity contribution < 1.29 is 47.4 Å². The Bertz CT molecular complexity index is 1840. The van der Waals surface area contributed by atoms with E-state index in [2.05, 4.69) is 10.6 Å². The zero-order valence-corrected chi connectivity index (χ0v) is 31.3. The fourth-order valence-electron chi connectivity index (χ4n) is 5.96. The second-order valence-electron chi connectivity index (χ2n) is 12.0. The largest absolute Gasteiger partial charge is 0.497 e. The van der Waals surface area contributed by atoms with E-state index in [9.17, 15) is 4.79 Å². The van der Waals surface area contributed by atoms with Crippen molar-refractivity contribution in [2.24, 2.45) is 0 Å². The van der Waals surface area contributed by atoms with Crippen LogP contribution < -0.4 is 53.3 Å². The van der Waals surface area contributed by atoms with Gasteiger partial charge < -0.3 is 53.3 Å². The molecule has 12 nitrogen and oxygen atoms in total. The van der Waals surface area contributed by atoms with Gasteiger partial charge >= 0.3 is 0 Å². The predicted molar refractivity (Wildman–Crippen MR) is 204 cm³/mol. The van der Waals surface area contributed by atoms with E-state index >= 15 is 0 Å². The highest BCUT2D eigenvalue weighted by atomic mass is 16.5. The van der Waals surface area contributed by atoms with Crippen LogP contribution in [0.1, 0.15) is 58.9 Å². The number of rotatable bonds is 19. The number of carbonyl (C=O) groups excluding carboxylic acids is 1. The van der Waals surface area contributed by atoms with Gasteiger partial charge in [0.2, 0.25) is 11.5 Å². The van der Waals surface area contributed by atoms with E-state index in [4.69, 9.17) is 42.6 Å². The van der Waals surface area contributed by atoms with Crippen molar-refractivity contribution in [2.75, 3.05) is 68.3 Å². The molecule has 1 aliphatic heterocycles. The normalized spacial score (nSPS) is 13.3. The number of fused-ring (bicyclic) bond motifs is 1. The van der Waals surface area contributed by atoms with Gasteiger partial charge in [-0.25, -0.2) is 0 Å². The van der Waals surface area contributed by atoms with E-state index in [0.717, 1.165) is 48.1 Å². The summed E-state index contributed by atoms with van der Waals surface area (Å²) >= 11 is 0. The molecule has 1 unspecified atom stereocenters. The number of methoxy groups -OCH3 is 7. The van der Waals surface area contributed by atoms with Crippen LogP contribution in [0.25, 0.3) is 12.2 Å². The maximum atomic E-state index is 12.8. The second kappa shape index (κ2) is 18.5. The van der Waals surface area contributed by atoms with E-state index in [1.165, 1.54) is 0 Å². The van der Waals surface area contributed by atoms with Crippen LogP contribution in [0.15, 0.2) is 60.7 Å². The second-order valence-corrected chi connectivity index (χ2v) is 12.0. The van der Waals surface area contributed by atoms with Crippen LogP contribution in [-0.4, -0.2) is 68.9 Å². The number of hydrogen-bond donors (Lipinski definition) is 2. The number of carbonyl (C=O) groups is 1. The van der Waals surface area contributed by atoms with Gasteiger partial charge in [0.15, 0.2) is 34.5 Å². The molecule has 0 aliphatic carbocycles. The molecule has 1 amide bonds. The van der Waals surface area contributed by atoms with Crippen molar-refractivity contribution >= 4 is 23.7 Å². The first kappa shape index (κ1) is 38.3. The SMILES string of the molecule is COc1ccc2c(c1)C(=O)NC(c1ccc(OCCCCCCOc3c(OC)cc(C=Cc4cc(OC)c(OC)c(OC)c4)cc3OC)c(OC)c1)N2. The van der Waals surface area contributed by atoms with Crippen LogP contribution in [0.3, 0.4) is 0 Å². The monoisotopic (exact) mass is 728 g/mol. The molecule has 4 aromatic carbocycles. The lowest BCUT2D eigenvalue weighted by atomic mass is 10.0. The minimum Gasteiger partial charge on any atom is -0.497 e. The van der Waals surface area contributed by atoms with Crippen molar-refractivity contribution in [1.82, 2.24) is 5.32 Å². The molecular weight excluding hydrogens is 680 g/mol. The summed E-state index contributed by atoms with van der Waals surface area (Å²) in [7, 11) is 11.1. The highest BCUT2D eigenvalue weighted by molar-refractivity contribution is 6.02. The summed E-state index contributed by atoms with van der Waals surface area (Å²) in [6.45, 7) is 1.05. The maximum absolute atomic E-state index is 12.8. The summed E-state index contributed by atoms with van der Waals surface area (Å²) in [5.41, 5.74) is 3.86. The third-order valence-electron chi connectivity index (χ3n) is 8.75. The lowest BCUT2D eigenvalue weighted by Gasteiger charge is -2.28. The molecule has 12 heteroatoms. The van der Waals surface area contributed by atoms with Crippen LogP contribution in [-0.2, 0) is 0 Å². The zero-order valence-electron chi connectivity index (χ0n) is 31.3. The lowest BCUT2D eigenvalue weighted by Crippen LogP contribution is -2.38. The number of hydrogen-bond acceptors (Lipinski definition) is 11. The smallest absolute Gasteiger partial charge is 0.255 e. The molecule has 0 aromatic heterocycles. The molecule has 1 aliphatic rings. The van der Waals surface area contributed by atoms with Crippen molar-refractivity contribution in [3.8, 4) is 51.7 Å². The number of anilines is 1. The molecule has 53 heavy (non-hydrogen) atoms. The molecule has 282 valence electrons. The van der Waals surface area contributed by atoms with E-state index in [1.54, 1.807) is 55.8 Å². The summed E-state index contributed by atoms with van der Waals surface area (Å²) in [6.07, 6.45) is 7.12. The van der Waals surface area contributed by atoms with Crippen LogP contribution in [0.4, 0.5) is 5.69 Å². The lowest BCUT2D eigenvalue weighted by molar-refractivity contribution is 0.0935. The number of amides is 1. The Balaban J connectivity index is 1.09. The fourth-order valence-corrected chi connectivity index (χ4v) is 5.96. The van der Waals surface area contributed by atoms with Crippen LogP contribution >= 0.6 is 0 Å². The van der Waals surface area contributed by atoms with Crippen LogP contribution in [0.5, 0.6) is 51.7 Å². The summed E-state index contributed by atoms with van der Waals surface area (Å²) in [5.74, 6) is 5.09. The Morgan fingerprint density at radius 2 is 1.09 bits per heavy atom. The van der Waals surface area contributed by atoms with E-state index in [-0.39, 0.29) is 5.91 Å². The number of nitrogens with one attached hydrogen (secondary N) is 2. The van der Waals surface area contributed by atoms with Crippen molar-refractivity contribution in [3.05, 3.63) is 82.9 Å². The molecule has 0 saturated carbocycles. The third kappa shape index (κ3) is 9.31. The van der Waals surface area contributed by atoms with Crippen molar-refractivity contribution in [3.63, 3.8) is 0 Å². The molecule has 5 rings (SSSR count). The Hall–Kier alpha value is -5.91. The van der Waals surface area contributed by atoms with Crippen molar-refractivity contribution in [1.29, 1.82) is 0 Å². The Morgan fingerprint density at radius 1 is 0.528 bits per heavy atom.